The lowest BCUT2D eigenvalue weighted by molar-refractivity contribution is -0.137. The number of benzene rings is 2. The highest BCUT2D eigenvalue weighted by Crippen LogP contribution is 2.25. The minimum absolute atomic E-state index is 0.0578. The van der Waals surface area contributed by atoms with Crippen LogP contribution in [0.15, 0.2) is 75.5 Å². The smallest absolute Gasteiger partial charge is 0.274 e. The van der Waals surface area contributed by atoms with Crippen LogP contribution in [0.3, 0.4) is 0 Å². The topological polar surface area (TPSA) is 181 Å². The van der Waals surface area contributed by atoms with Crippen molar-refractivity contribution in [3.63, 3.8) is 0 Å². The molecule has 0 fully saturated rings. The van der Waals surface area contributed by atoms with E-state index in [1.807, 2.05) is 44.2 Å². The van der Waals surface area contributed by atoms with E-state index in [1.54, 1.807) is 43.5 Å². The van der Waals surface area contributed by atoms with Crippen molar-refractivity contribution in [1.29, 1.82) is 0 Å². The number of rotatable bonds is 5. The summed E-state index contributed by atoms with van der Waals surface area (Å²) in [5, 5.41) is 11.3. The highest BCUT2D eigenvalue weighted by atomic mass is 32.1. The zero-order valence-electron chi connectivity index (χ0n) is 28.6. The average molecular weight is 711 g/mol. The lowest BCUT2D eigenvalue weighted by Gasteiger charge is -2.29. The quantitative estimate of drug-likeness (QED) is 0.247. The number of para-hydroxylation sites is 1. The molecule has 6 rings (SSSR count). The standard InChI is InChI=1S/C36H38N8O6S/c1-20(2)30-34-42-31(22(4)50-34)33(48)38-21(3)35-40-27(18-51-35)32(47)39-24(14-23-10-6-5-7-11-23)15-43(16-28(45)41-30)29(46)17-44-19-37-26-13-9-8-12-25(26)36(44)49/h5-13,18-21,24,30H,14-17H2,1-4H3,(H,38,48)(H,39,47)(H,41,45)/t21-,24-,30+/m1/s1. The highest BCUT2D eigenvalue weighted by Gasteiger charge is 2.31. The van der Waals surface area contributed by atoms with Crippen LogP contribution in [0.1, 0.15) is 76.1 Å². The van der Waals surface area contributed by atoms with Gasteiger partial charge in [0.25, 0.3) is 17.4 Å². The first kappa shape index (κ1) is 35.1. The first-order valence-corrected chi connectivity index (χ1v) is 17.4. The zero-order valence-corrected chi connectivity index (χ0v) is 29.4. The number of thiazole rings is 1. The fourth-order valence-corrected chi connectivity index (χ4v) is 6.69. The summed E-state index contributed by atoms with van der Waals surface area (Å²) in [5.74, 6) is -1.85. The van der Waals surface area contributed by atoms with E-state index >= 15 is 0 Å². The molecule has 14 nitrogen and oxygen atoms in total. The normalized spacial score (nSPS) is 18.9. The molecule has 0 radical (unpaired) electrons. The van der Waals surface area contributed by atoms with Gasteiger partial charge in [0, 0.05) is 11.9 Å². The van der Waals surface area contributed by atoms with Crippen molar-refractivity contribution >= 4 is 45.9 Å². The van der Waals surface area contributed by atoms with Gasteiger partial charge in [0.15, 0.2) is 5.69 Å². The summed E-state index contributed by atoms with van der Waals surface area (Å²) in [6.07, 6.45) is 1.63. The van der Waals surface area contributed by atoms with Gasteiger partial charge in [-0.15, -0.1) is 11.3 Å². The summed E-state index contributed by atoms with van der Waals surface area (Å²) in [7, 11) is 0. The predicted molar refractivity (Wildman–Crippen MR) is 189 cm³/mol. The van der Waals surface area contributed by atoms with E-state index in [4.69, 9.17) is 4.42 Å². The third-order valence-corrected chi connectivity index (χ3v) is 9.60. The predicted octanol–water partition coefficient (Wildman–Crippen LogP) is 3.34. The summed E-state index contributed by atoms with van der Waals surface area (Å²) in [4.78, 5) is 82.7. The van der Waals surface area contributed by atoms with Crippen LogP contribution in [-0.4, -0.2) is 67.2 Å². The molecule has 15 heteroatoms. The van der Waals surface area contributed by atoms with Crippen molar-refractivity contribution in [2.75, 3.05) is 13.1 Å². The molecule has 1 aliphatic heterocycles. The molecule has 2 aromatic carbocycles. The first-order valence-electron chi connectivity index (χ1n) is 16.6. The van der Waals surface area contributed by atoms with E-state index in [-0.39, 0.29) is 35.5 Å². The summed E-state index contributed by atoms with van der Waals surface area (Å²) in [5.41, 5.74) is 1.18. The van der Waals surface area contributed by atoms with E-state index in [0.717, 1.165) is 5.56 Å². The van der Waals surface area contributed by atoms with Crippen LogP contribution in [0.25, 0.3) is 10.9 Å². The van der Waals surface area contributed by atoms with Gasteiger partial charge in [-0.2, -0.15) is 0 Å². The molecular weight excluding hydrogens is 673 g/mol. The van der Waals surface area contributed by atoms with Gasteiger partial charge in [-0.05, 0) is 43.9 Å². The number of hydrogen-bond donors (Lipinski definition) is 3. The maximum Gasteiger partial charge on any atom is 0.274 e. The number of fused-ring (bicyclic) bond motifs is 5. The van der Waals surface area contributed by atoms with Gasteiger partial charge in [0.05, 0.1) is 35.9 Å². The number of hydrogen-bond acceptors (Lipinski definition) is 10. The Morgan fingerprint density at radius 1 is 0.980 bits per heavy atom. The van der Waals surface area contributed by atoms with Crippen LogP contribution >= 0.6 is 11.3 Å². The molecule has 4 bridgehead atoms. The first-order chi connectivity index (χ1) is 24.5. The molecule has 1 aliphatic rings. The SMILES string of the molecule is Cc1oc2nc1C(=O)N[C@H](C)c1nc(cs1)C(=O)N[C@H](Cc1ccccc1)CN(C(=O)Cn1cnc3ccccc3c1=O)CC(=O)N[C@H]2C(C)C. The maximum atomic E-state index is 14.1. The highest BCUT2D eigenvalue weighted by molar-refractivity contribution is 7.09. The Balaban J connectivity index is 1.38. The van der Waals surface area contributed by atoms with Crippen LogP contribution in [0.5, 0.6) is 0 Å². The molecule has 3 N–H and O–H groups in total. The summed E-state index contributed by atoms with van der Waals surface area (Å²) < 4.78 is 7.11. The number of amides is 4. The second-order valence-electron chi connectivity index (χ2n) is 12.8. The summed E-state index contributed by atoms with van der Waals surface area (Å²) in [6.45, 7) is 6.22. The monoisotopic (exact) mass is 710 g/mol. The third-order valence-electron chi connectivity index (χ3n) is 8.58. The molecule has 0 spiro atoms. The van der Waals surface area contributed by atoms with Gasteiger partial charge in [-0.1, -0.05) is 56.3 Å². The molecule has 4 heterocycles. The Labute approximate surface area is 297 Å². The van der Waals surface area contributed by atoms with E-state index in [2.05, 4.69) is 30.9 Å². The number of oxazole rings is 1. The number of carbonyl (C=O) groups excluding carboxylic acids is 4. The van der Waals surface area contributed by atoms with E-state index in [0.29, 0.717) is 22.3 Å². The number of nitrogens with one attached hydrogen (secondary N) is 3. The lowest BCUT2D eigenvalue weighted by atomic mass is 10.0. The van der Waals surface area contributed by atoms with E-state index in [1.165, 1.54) is 27.1 Å². The van der Waals surface area contributed by atoms with Crippen molar-refractivity contribution in [1.82, 2.24) is 40.4 Å². The number of aryl methyl sites for hydroxylation is 1. The largest absolute Gasteiger partial charge is 0.443 e. The average Bonchev–Trinajstić information content (AvgIpc) is 3.76. The lowest BCUT2D eigenvalue weighted by Crippen LogP contribution is -2.51. The zero-order chi connectivity index (χ0) is 36.2. The second-order valence-corrected chi connectivity index (χ2v) is 13.7. The Morgan fingerprint density at radius 3 is 2.49 bits per heavy atom. The summed E-state index contributed by atoms with van der Waals surface area (Å²) in [6, 6.07) is 14.3. The molecule has 3 atom stereocenters. The van der Waals surface area contributed by atoms with Crippen molar-refractivity contribution < 1.29 is 23.6 Å². The molecule has 0 aliphatic carbocycles. The molecular formula is C36H38N8O6S. The Hall–Kier alpha value is -5.70. The number of nitrogens with zero attached hydrogens (tertiary/aromatic N) is 5. The molecule has 4 amide bonds. The molecule has 51 heavy (non-hydrogen) atoms. The molecule has 0 saturated heterocycles. The van der Waals surface area contributed by atoms with Crippen molar-refractivity contribution in [3.8, 4) is 0 Å². The van der Waals surface area contributed by atoms with E-state index in [9.17, 15) is 24.0 Å². The molecule has 5 aromatic rings. The Kier molecular flexibility index (Phi) is 10.4. The van der Waals surface area contributed by atoms with Gasteiger partial charge >= 0.3 is 0 Å². The second kappa shape index (κ2) is 15.0. The Bertz CT molecular complexity index is 2140. The van der Waals surface area contributed by atoms with Gasteiger partial charge in [-0.3, -0.25) is 28.5 Å². The van der Waals surface area contributed by atoms with Crippen molar-refractivity contribution in [2.24, 2.45) is 5.92 Å². The molecule has 0 unspecified atom stereocenters. The van der Waals surface area contributed by atoms with Crippen LogP contribution in [0.2, 0.25) is 0 Å². The minimum Gasteiger partial charge on any atom is -0.443 e. The Morgan fingerprint density at radius 2 is 1.73 bits per heavy atom. The van der Waals surface area contributed by atoms with Gasteiger partial charge < -0.3 is 25.3 Å². The number of carbonyl (C=O) groups is 4. The molecule has 3 aromatic heterocycles. The molecule has 0 saturated carbocycles. The van der Waals surface area contributed by atoms with Gasteiger partial charge in [0.2, 0.25) is 17.7 Å². The molecule has 264 valence electrons. The summed E-state index contributed by atoms with van der Waals surface area (Å²) >= 11 is 1.22. The third kappa shape index (κ3) is 8.04. The van der Waals surface area contributed by atoms with Crippen LogP contribution in [0.4, 0.5) is 0 Å². The van der Waals surface area contributed by atoms with Crippen LogP contribution in [-0.2, 0) is 22.6 Å². The minimum atomic E-state index is -0.736. The van der Waals surface area contributed by atoms with E-state index < -0.39 is 60.4 Å². The van der Waals surface area contributed by atoms with Gasteiger partial charge in [-0.25, -0.2) is 15.0 Å². The fourth-order valence-electron chi connectivity index (χ4n) is 5.89. The van der Waals surface area contributed by atoms with Crippen LogP contribution in [0, 0.1) is 12.8 Å². The fraction of sp³-hybridized carbons (Fsp3) is 0.333. The maximum absolute atomic E-state index is 14.1. The van der Waals surface area contributed by atoms with Crippen molar-refractivity contribution in [2.45, 2.75) is 58.8 Å². The number of aromatic nitrogens is 4. The van der Waals surface area contributed by atoms with Crippen molar-refractivity contribution in [3.05, 3.63) is 110 Å². The van der Waals surface area contributed by atoms with Gasteiger partial charge in [0.1, 0.15) is 29.0 Å². The van der Waals surface area contributed by atoms with Crippen LogP contribution < -0.4 is 21.5 Å².